The molecule has 0 unspecified atom stereocenters. The fourth-order valence-corrected chi connectivity index (χ4v) is 2.10. The molecule has 1 fully saturated rings. The molecule has 1 heterocycles. The van der Waals surface area contributed by atoms with Gasteiger partial charge in [-0.1, -0.05) is 6.07 Å². The van der Waals surface area contributed by atoms with E-state index < -0.39 is 0 Å². The molecule has 0 saturated heterocycles. The highest BCUT2D eigenvalue weighted by Gasteiger charge is 2.28. The summed E-state index contributed by atoms with van der Waals surface area (Å²) in [4.78, 5) is 4.41. The van der Waals surface area contributed by atoms with Gasteiger partial charge in [0.2, 0.25) is 5.95 Å². The number of imidazole rings is 1. The summed E-state index contributed by atoms with van der Waals surface area (Å²) in [6.07, 6.45) is 2.41. The topological polar surface area (TPSA) is 53.1 Å². The molecule has 4 nitrogen and oxygen atoms in total. The van der Waals surface area contributed by atoms with Crippen molar-refractivity contribution < 1.29 is 4.74 Å². The Kier molecular flexibility index (Phi) is 2.02. The molecule has 0 bridgehead atoms. The summed E-state index contributed by atoms with van der Waals surface area (Å²) < 4.78 is 7.68. The zero-order valence-electron chi connectivity index (χ0n) is 9.31. The number of aromatic nitrogens is 2. The first-order valence-electron chi connectivity index (χ1n) is 5.70. The lowest BCUT2D eigenvalue weighted by molar-refractivity contribution is 0.343. The summed E-state index contributed by atoms with van der Waals surface area (Å²) in [5.41, 5.74) is 7.93. The summed E-state index contributed by atoms with van der Waals surface area (Å²) in [6.45, 7) is 2.62. The van der Waals surface area contributed by atoms with E-state index in [4.69, 9.17) is 10.5 Å². The lowest BCUT2D eigenvalue weighted by Gasteiger charge is -2.05. The maximum absolute atomic E-state index is 5.96. The minimum atomic E-state index is 0.543. The van der Waals surface area contributed by atoms with Gasteiger partial charge >= 0.3 is 0 Å². The fraction of sp³-hybridized carbons (Fsp3) is 0.417. The minimum Gasteiger partial charge on any atom is -0.492 e. The Bertz CT molecular complexity index is 528. The van der Waals surface area contributed by atoms with Crippen LogP contribution in [0, 0.1) is 0 Å². The van der Waals surface area contributed by atoms with Gasteiger partial charge in [0, 0.05) is 6.04 Å². The largest absolute Gasteiger partial charge is 0.492 e. The minimum absolute atomic E-state index is 0.543. The Balaban J connectivity index is 2.21. The van der Waals surface area contributed by atoms with Gasteiger partial charge in [-0.25, -0.2) is 4.98 Å². The number of fused-ring (bicyclic) bond motifs is 1. The zero-order valence-corrected chi connectivity index (χ0v) is 9.31. The first-order chi connectivity index (χ1) is 7.81. The second kappa shape index (κ2) is 3.40. The van der Waals surface area contributed by atoms with Crippen molar-refractivity contribution in [1.29, 1.82) is 0 Å². The molecule has 1 aromatic carbocycles. The molecule has 1 aromatic heterocycles. The zero-order chi connectivity index (χ0) is 11.1. The second-order valence-electron chi connectivity index (χ2n) is 4.13. The quantitative estimate of drug-likeness (QED) is 0.858. The Hall–Kier alpha value is -1.71. The summed E-state index contributed by atoms with van der Waals surface area (Å²) in [5, 5.41) is 0. The van der Waals surface area contributed by atoms with Gasteiger partial charge in [0.15, 0.2) is 0 Å². The van der Waals surface area contributed by atoms with Crippen LogP contribution in [0.2, 0.25) is 0 Å². The standard InChI is InChI=1S/C12H15N3O/c1-2-16-10-5-3-4-9-11(10)14-12(13)15(9)8-6-7-8/h3-5,8H,2,6-7H2,1H3,(H2,13,14). The number of nitrogens with two attached hydrogens (primary N) is 1. The number of hydrogen-bond acceptors (Lipinski definition) is 3. The van der Waals surface area contributed by atoms with E-state index in [-0.39, 0.29) is 0 Å². The van der Waals surface area contributed by atoms with Gasteiger partial charge in [-0.3, -0.25) is 0 Å². The van der Waals surface area contributed by atoms with E-state index in [1.165, 1.54) is 12.8 Å². The first kappa shape index (κ1) is 9.51. The third-order valence-electron chi connectivity index (χ3n) is 2.92. The van der Waals surface area contributed by atoms with Gasteiger partial charge < -0.3 is 15.0 Å². The van der Waals surface area contributed by atoms with Gasteiger partial charge in [-0.2, -0.15) is 0 Å². The van der Waals surface area contributed by atoms with Gasteiger partial charge in [-0.05, 0) is 31.9 Å². The molecule has 0 aliphatic heterocycles. The maximum atomic E-state index is 5.96. The van der Waals surface area contributed by atoms with Gasteiger partial charge in [0.1, 0.15) is 11.3 Å². The second-order valence-corrected chi connectivity index (χ2v) is 4.13. The average molecular weight is 217 g/mol. The summed E-state index contributed by atoms with van der Waals surface area (Å²) >= 11 is 0. The molecule has 84 valence electrons. The number of anilines is 1. The van der Waals surface area contributed by atoms with Crippen LogP contribution in [0.1, 0.15) is 25.8 Å². The third kappa shape index (κ3) is 1.33. The highest BCUT2D eigenvalue weighted by atomic mass is 16.5. The molecule has 3 rings (SSSR count). The number of nitrogens with zero attached hydrogens (tertiary/aromatic N) is 2. The van der Waals surface area contributed by atoms with Crippen LogP contribution in [-0.4, -0.2) is 16.2 Å². The Morgan fingerprint density at radius 1 is 1.50 bits per heavy atom. The molecule has 1 aliphatic carbocycles. The molecule has 1 saturated carbocycles. The molecular weight excluding hydrogens is 202 g/mol. The predicted octanol–water partition coefficient (Wildman–Crippen LogP) is 2.35. The van der Waals surface area contributed by atoms with Crippen LogP contribution < -0.4 is 10.5 Å². The maximum Gasteiger partial charge on any atom is 0.201 e. The molecule has 4 heteroatoms. The Morgan fingerprint density at radius 2 is 2.31 bits per heavy atom. The number of hydrogen-bond donors (Lipinski definition) is 1. The van der Waals surface area contributed by atoms with Crippen LogP contribution in [0.5, 0.6) is 5.75 Å². The molecule has 0 amide bonds. The Morgan fingerprint density at radius 3 is 3.00 bits per heavy atom. The highest BCUT2D eigenvalue weighted by molar-refractivity contribution is 5.84. The molecule has 0 atom stereocenters. The predicted molar refractivity (Wildman–Crippen MR) is 63.6 cm³/mol. The lowest BCUT2D eigenvalue weighted by atomic mass is 10.3. The van der Waals surface area contributed by atoms with E-state index >= 15 is 0 Å². The van der Waals surface area contributed by atoms with E-state index in [1.807, 2.05) is 19.1 Å². The number of rotatable bonds is 3. The van der Waals surface area contributed by atoms with Crippen molar-refractivity contribution in [3.63, 3.8) is 0 Å². The third-order valence-corrected chi connectivity index (χ3v) is 2.92. The number of ether oxygens (including phenoxy) is 1. The number of nitrogen functional groups attached to an aromatic ring is 1. The van der Waals surface area contributed by atoms with Crippen molar-refractivity contribution in [2.24, 2.45) is 0 Å². The average Bonchev–Trinajstić information content (AvgIpc) is 3.03. The van der Waals surface area contributed by atoms with Crippen LogP contribution in [0.3, 0.4) is 0 Å². The van der Waals surface area contributed by atoms with E-state index in [1.54, 1.807) is 0 Å². The molecule has 2 N–H and O–H groups in total. The van der Waals surface area contributed by atoms with E-state index in [2.05, 4.69) is 15.6 Å². The molecule has 16 heavy (non-hydrogen) atoms. The fourth-order valence-electron chi connectivity index (χ4n) is 2.10. The molecule has 0 spiro atoms. The van der Waals surface area contributed by atoms with Crippen molar-refractivity contribution in [3.05, 3.63) is 18.2 Å². The lowest BCUT2D eigenvalue weighted by Crippen LogP contribution is -2.00. The van der Waals surface area contributed by atoms with E-state index in [0.29, 0.717) is 18.6 Å². The molecule has 1 aliphatic rings. The van der Waals surface area contributed by atoms with Gasteiger partial charge in [-0.15, -0.1) is 0 Å². The summed E-state index contributed by atoms with van der Waals surface area (Å²) in [7, 11) is 0. The number of para-hydroxylation sites is 1. The SMILES string of the molecule is CCOc1cccc2c1nc(N)n2C1CC1. The van der Waals surface area contributed by atoms with Crippen LogP contribution in [0.15, 0.2) is 18.2 Å². The van der Waals surface area contributed by atoms with Gasteiger partial charge in [0.25, 0.3) is 0 Å². The van der Waals surface area contributed by atoms with E-state index in [0.717, 1.165) is 16.8 Å². The molecule has 0 radical (unpaired) electrons. The van der Waals surface area contributed by atoms with Crippen molar-refractivity contribution in [3.8, 4) is 5.75 Å². The smallest absolute Gasteiger partial charge is 0.201 e. The van der Waals surface area contributed by atoms with Gasteiger partial charge in [0.05, 0.1) is 12.1 Å². The first-order valence-corrected chi connectivity index (χ1v) is 5.70. The van der Waals surface area contributed by atoms with Crippen LogP contribution in [0.25, 0.3) is 11.0 Å². The number of benzene rings is 1. The molecule has 2 aromatic rings. The van der Waals surface area contributed by atoms with Crippen LogP contribution in [0.4, 0.5) is 5.95 Å². The van der Waals surface area contributed by atoms with Crippen molar-refractivity contribution in [2.45, 2.75) is 25.8 Å². The monoisotopic (exact) mass is 217 g/mol. The summed E-state index contributed by atoms with van der Waals surface area (Å²) in [6, 6.07) is 6.53. The molecular formula is C12H15N3O. The Labute approximate surface area is 94.0 Å². The van der Waals surface area contributed by atoms with Crippen LogP contribution in [-0.2, 0) is 0 Å². The van der Waals surface area contributed by atoms with Crippen LogP contribution >= 0.6 is 0 Å². The van der Waals surface area contributed by atoms with Crippen molar-refractivity contribution in [2.75, 3.05) is 12.3 Å². The van der Waals surface area contributed by atoms with Crippen molar-refractivity contribution in [1.82, 2.24) is 9.55 Å². The van der Waals surface area contributed by atoms with Crippen molar-refractivity contribution >= 4 is 17.0 Å². The summed E-state index contributed by atoms with van der Waals surface area (Å²) in [5.74, 6) is 1.43. The van der Waals surface area contributed by atoms with E-state index in [9.17, 15) is 0 Å². The normalized spacial score (nSPS) is 15.6. The highest BCUT2D eigenvalue weighted by Crippen LogP contribution is 2.40.